The van der Waals surface area contributed by atoms with Gasteiger partial charge in [-0.05, 0) is 30.0 Å². The molecule has 2 amide bonds. The minimum Gasteiger partial charge on any atom is -0.378 e. The van der Waals surface area contributed by atoms with Crippen LogP contribution < -0.4 is 4.90 Å². The Hall–Kier alpha value is -1.90. The number of hydrogen-bond acceptors (Lipinski definition) is 5. The number of fused-ring (bicyclic) bond motifs is 1. The number of benzene rings is 1. The van der Waals surface area contributed by atoms with Gasteiger partial charge in [0.05, 0.1) is 29.4 Å². The van der Waals surface area contributed by atoms with Crippen molar-refractivity contribution < 1.29 is 14.3 Å². The zero-order valence-corrected chi connectivity index (χ0v) is 16.3. The summed E-state index contributed by atoms with van der Waals surface area (Å²) in [6.07, 6.45) is 1.68. The zero-order chi connectivity index (χ0) is 18.3. The maximum atomic E-state index is 13.0. The third-order valence-electron chi connectivity index (χ3n) is 4.38. The first-order chi connectivity index (χ1) is 12.6. The summed E-state index contributed by atoms with van der Waals surface area (Å²) in [5.74, 6) is -0.543. The molecular formula is C18H16BrN3O3S. The van der Waals surface area contributed by atoms with E-state index in [-0.39, 0.29) is 11.8 Å². The van der Waals surface area contributed by atoms with Crippen LogP contribution in [0.5, 0.6) is 0 Å². The molecule has 0 N–H and O–H groups in total. The lowest BCUT2D eigenvalue weighted by Crippen LogP contribution is -2.38. The van der Waals surface area contributed by atoms with Crippen molar-refractivity contribution in [1.29, 1.82) is 0 Å². The van der Waals surface area contributed by atoms with Crippen LogP contribution >= 0.6 is 27.7 Å². The van der Waals surface area contributed by atoms with Crippen LogP contribution in [-0.2, 0) is 14.3 Å². The molecule has 4 rings (SSSR count). The van der Waals surface area contributed by atoms with Gasteiger partial charge < -0.3 is 14.5 Å². The van der Waals surface area contributed by atoms with Crippen LogP contribution in [0.15, 0.2) is 45.2 Å². The largest absolute Gasteiger partial charge is 0.378 e. The summed E-state index contributed by atoms with van der Waals surface area (Å²) < 4.78 is 6.21. The molecule has 0 saturated carbocycles. The maximum absolute atomic E-state index is 13.0. The van der Waals surface area contributed by atoms with Crippen molar-refractivity contribution in [2.75, 3.05) is 37.7 Å². The lowest BCUT2D eigenvalue weighted by Gasteiger charge is -2.27. The van der Waals surface area contributed by atoms with E-state index in [1.807, 2.05) is 23.1 Å². The summed E-state index contributed by atoms with van der Waals surface area (Å²) in [7, 11) is 0. The Morgan fingerprint density at radius 1 is 1.31 bits per heavy atom. The third kappa shape index (κ3) is 2.91. The molecule has 3 heterocycles. The molecule has 0 aliphatic carbocycles. The highest BCUT2D eigenvalue weighted by Gasteiger charge is 2.39. The second-order valence-electron chi connectivity index (χ2n) is 5.97. The molecule has 3 aliphatic heterocycles. The van der Waals surface area contributed by atoms with Crippen molar-refractivity contribution in [3.05, 3.63) is 45.8 Å². The van der Waals surface area contributed by atoms with Gasteiger partial charge in [0, 0.05) is 29.7 Å². The SMILES string of the molecule is C=CCN1C(=O)C(=C2SC(N3CCOCC3)=NC2=O)c2cc(Br)ccc21. The van der Waals surface area contributed by atoms with Gasteiger partial charge in [0.1, 0.15) is 0 Å². The van der Waals surface area contributed by atoms with Crippen LogP contribution in [0.25, 0.3) is 5.57 Å². The van der Waals surface area contributed by atoms with E-state index in [0.717, 1.165) is 15.7 Å². The van der Waals surface area contributed by atoms with E-state index in [1.165, 1.54) is 11.8 Å². The summed E-state index contributed by atoms with van der Waals surface area (Å²) in [4.78, 5) is 33.9. The van der Waals surface area contributed by atoms with E-state index in [0.29, 0.717) is 48.5 Å². The molecular weight excluding hydrogens is 418 g/mol. The number of amidine groups is 1. The highest BCUT2D eigenvalue weighted by Crippen LogP contribution is 2.44. The number of hydrogen-bond donors (Lipinski definition) is 0. The van der Waals surface area contributed by atoms with Gasteiger partial charge in [-0.1, -0.05) is 22.0 Å². The smallest absolute Gasteiger partial charge is 0.287 e. The van der Waals surface area contributed by atoms with Crippen LogP contribution in [-0.4, -0.2) is 54.7 Å². The van der Waals surface area contributed by atoms with Crippen molar-refractivity contribution in [1.82, 2.24) is 4.90 Å². The Balaban J connectivity index is 1.75. The van der Waals surface area contributed by atoms with Gasteiger partial charge >= 0.3 is 0 Å². The summed E-state index contributed by atoms with van der Waals surface area (Å²) in [6.45, 7) is 6.73. The molecule has 1 fully saturated rings. The molecule has 0 aromatic heterocycles. The normalized spacial score (nSPS) is 22.7. The average Bonchev–Trinajstić information content (AvgIpc) is 3.14. The molecule has 0 atom stereocenters. The molecule has 0 unspecified atom stereocenters. The third-order valence-corrected chi connectivity index (χ3v) is 5.99. The number of thioether (sulfide) groups is 1. The summed E-state index contributed by atoms with van der Waals surface area (Å²) in [5, 5.41) is 0.646. The Morgan fingerprint density at radius 2 is 2.08 bits per heavy atom. The Labute approximate surface area is 163 Å². The fourth-order valence-electron chi connectivity index (χ4n) is 3.18. The van der Waals surface area contributed by atoms with Gasteiger partial charge in [0.25, 0.3) is 11.8 Å². The number of ether oxygens (including phenoxy) is 1. The van der Waals surface area contributed by atoms with Crippen LogP contribution in [0.3, 0.4) is 0 Å². The van der Waals surface area contributed by atoms with Gasteiger partial charge in [0.15, 0.2) is 5.17 Å². The quantitative estimate of drug-likeness (QED) is 0.529. The minimum atomic E-state index is -0.355. The van der Waals surface area contributed by atoms with Crippen molar-refractivity contribution >= 4 is 55.9 Å². The number of morpholine rings is 1. The van der Waals surface area contributed by atoms with E-state index in [2.05, 4.69) is 27.5 Å². The van der Waals surface area contributed by atoms with E-state index in [1.54, 1.807) is 11.0 Å². The fourth-order valence-corrected chi connectivity index (χ4v) is 4.59. The van der Waals surface area contributed by atoms with Crippen molar-refractivity contribution in [2.24, 2.45) is 4.99 Å². The lowest BCUT2D eigenvalue weighted by molar-refractivity contribution is -0.115. The highest BCUT2D eigenvalue weighted by atomic mass is 79.9. The van der Waals surface area contributed by atoms with Gasteiger partial charge in [-0.3, -0.25) is 9.59 Å². The number of aliphatic imine (C=N–C) groups is 1. The maximum Gasteiger partial charge on any atom is 0.287 e. The number of amides is 2. The van der Waals surface area contributed by atoms with Gasteiger partial charge in [-0.25, -0.2) is 0 Å². The fraction of sp³-hybridized carbons (Fsp3) is 0.278. The second kappa shape index (κ2) is 7.02. The van der Waals surface area contributed by atoms with Crippen LogP contribution in [0.4, 0.5) is 5.69 Å². The number of carbonyl (C=O) groups is 2. The molecule has 0 spiro atoms. The number of carbonyl (C=O) groups excluding carboxylic acids is 2. The molecule has 6 nitrogen and oxygen atoms in total. The summed E-state index contributed by atoms with van der Waals surface area (Å²) in [6, 6.07) is 5.64. The number of nitrogens with zero attached hydrogens (tertiary/aromatic N) is 3. The number of halogens is 1. The first-order valence-corrected chi connectivity index (χ1v) is 9.81. The Bertz CT molecular complexity index is 874. The van der Waals surface area contributed by atoms with E-state index >= 15 is 0 Å². The topological polar surface area (TPSA) is 62.2 Å². The average molecular weight is 434 g/mol. The predicted molar refractivity (Wildman–Crippen MR) is 106 cm³/mol. The first-order valence-electron chi connectivity index (χ1n) is 8.20. The monoisotopic (exact) mass is 433 g/mol. The molecule has 134 valence electrons. The van der Waals surface area contributed by atoms with E-state index in [4.69, 9.17) is 4.74 Å². The second-order valence-corrected chi connectivity index (χ2v) is 7.86. The molecule has 8 heteroatoms. The van der Waals surface area contributed by atoms with Crippen molar-refractivity contribution in [3.8, 4) is 0 Å². The number of anilines is 1. The van der Waals surface area contributed by atoms with Crippen molar-refractivity contribution in [2.45, 2.75) is 0 Å². The van der Waals surface area contributed by atoms with E-state index < -0.39 is 0 Å². The van der Waals surface area contributed by atoms with Crippen LogP contribution in [0.2, 0.25) is 0 Å². The lowest BCUT2D eigenvalue weighted by atomic mass is 10.1. The Morgan fingerprint density at radius 3 is 2.81 bits per heavy atom. The molecule has 1 aromatic rings. The van der Waals surface area contributed by atoms with Crippen LogP contribution in [0.1, 0.15) is 5.56 Å². The molecule has 0 radical (unpaired) electrons. The van der Waals surface area contributed by atoms with Gasteiger partial charge in [0.2, 0.25) is 0 Å². The van der Waals surface area contributed by atoms with E-state index in [9.17, 15) is 9.59 Å². The van der Waals surface area contributed by atoms with Gasteiger partial charge in [-0.15, -0.1) is 6.58 Å². The predicted octanol–water partition coefficient (Wildman–Crippen LogP) is 2.65. The minimum absolute atomic E-state index is 0.188. The summed E-state index contributed by atoms with van der Waals surface area (Å²) in [5.41, 5.74) is 1.96. The molecule has 0 bridgehead atoms. The molecule has 1 aromatic carbocycles. The highest BCUT2D eigenvalue weighted by molar-refractivity contribution is 9.10. The molecule has 1 saturated heterocycles. The zero-order valence-electron chi connectivity index (χ0n) is 13.9. The molecule has 3 aliphatic rings. The van der Waals surface area contributed by atoms with Crippen LogP contribution in [0, 0.1) is 0 Å². The summed E-state index contributed by atoms with van der Waals surface area (Å²) >= 11 is 4.73. The number of rotatable bonds is 2. The first kappa shape index (κ1) is 17.5. The molecule has 26 heavy (non-hydrogen) atoms. The Kier molecular flexibility index (Phi) is 4.73. The standard InChI is InChI=1S/C18H16BrN3O3S/c1-2-5-22-13-4-3-11(19)10-12(13)14(17(22)24)15-16(23)20-18(26-15)21-6-8-25-9-7-21/h2-4,10H,1,5-9H2. The van der Waals surface area contributed by atoms with Gasteiger partial charge in [-0.2, -0.15) is 4.99 Å². The van der Waals surface area contributed by atoms with Crippen molar-refractivity contribution in [3.63, 3.8) is 0 Å².